The molecule has 0 bridgehead atoms. The Morgan fingerprint density at radius 1 is 0.509 bits per heavy atom. The van der Waals surface area contributed by atoms with Crippen molar-refractivity contribution in [1.29, 1.82) is 0 Å². The highest BCUT2D eigenvalue weighted by Gasteiger charge is 2.36. The lowest BCUT2D eigenvalue weighted by atomic mass is 9.82. The van der Waals surface area contributed by atoms with E-state index < -0.39 is 0 Å². The van der Waals surface area contributed by atoms with Crippen molar-refractivity contribution in [2.45, 2.75) is 25.5 Å². The van der Waals surface area contributed by atoms with Crippen LogP contribution in [-0.4, -0.2) is 0 Å². The van der Waals surface area contributed by atoms with Crippen molar-refractivity contribution in [3.8, 4) is 39.1 Å². The Morgan fingerprint density at radius 3 is 1.96 bits per heavy atom. The normalized spacial score (nSPS) is 14.9. The van der Waals surface area contributed by atoms with E-state index >= 15 is 0 Å². The molecular weight excluding hydrogens is 645 g/mol. The zero-order valence-electron chi connectivity index (χ0n) is 29.8. The van der Waals surface area contributed by atoms with Crippen LogP contribution >= 0.6 is 0 Å². The Kier molecular flexibility index (Phi) is 7.23. The minimum Gasteiger partial charge on any atom is -0.464 e. The molecule has 53 heavy (non-hydrogen) atoms. The predicted octanol–water partition coefficient (Wildman–Crippen LogP) is 13.5. The van der Waals surface area contributed by atoms with Crippen LogP contribution in [0.15, 0.2) is 182 Å². The third-order valence-electron chi connectivity index (χ3n) is 11.1. The van der Waals surface area contributed by atoms with E-state index in [1.165, 1.54) is 49.7 Å². The van der Waals surface area contributed by atoms with Crippen molar-refractivity contribution in [2.24, 2.45) is 0 Å². The second-order valence-electron chi connectivity index (χ2n) is 14.6. The molecule has 8 aromatic rings. The molecule has 3 nitrogen and oxygen atoms in total. The van der Waals surface area contributed by atoms with Crippen LogP contribution in [0, 0.1) is 0 Å². The molecule has 0 saturated heterocycles. The molecule has 1 heterocycles. The third-order valence-corrected chi connectivity index (χ3v) is 11.1. The van der Waals surface area contributed by atoms with E-state index in [4.69, 9.17) is 4.74 Å². The number of fused-ring (bicyclic) bond motifs is 6. The largest absolute Gasteiger partial charge is 0.464 e. The fourth-order valence-electron chi connectivity index (χ4n) is 8.49. The average molecular weight is 683 g/mol. The van der Waals surface area contributed by atoms with E-state index in [9.17, 15) is 0 Å². The molecule has 1 aliphatic heterocycles. The van der Waals surface area contributed by atoms with Gasteiger partial charge in [0.25, 0.3) is 0 Å². The maximum atomic E-state index is 6.44. The second-order valence-corrected chi connectivity index (χ2v) is 14.6. The highest BCUT2D eigenvalue weighted by atomic mass is 16.5. The van der Waals surface area contributed by atoms with E-state index in [1.807, 2.05) is 6.07 Å². The van der Waals surface area contributed by atoms with Gasteiger partial charge < -0.3 is 15.0 Å². The molecule has 1 unspecified atom stereocenters. The average Bonchev–Trinajstić information content (AvgIpc) is 3.76. The van der Waals surface area contributed by atoms with Crippen molar-refractivity contribution in [1.82, 2.24) is 0 Å². The van der Waals surface area contributed by atoms with Gasteiger partial charge in [-0.05, 0) is 80.7 Å². The van der Waals surface area contributed by atoms with Crippen LogP contribution in [0.2, 0.25) is 0 Å². The summed E-state index contributed by atoms with van der Waals surface area (Å²) in [5.41, 5.74) is 15.5. The number of para-hydroxylation sites is 1. The monoisotopic (exact) mass is 682 g/mol. The molecule has 0 aromatic heterocycles. The number of nitrogens with zero attached hydrogens (tertiary/aromatic N) is 1. The van der Waals surface area contributed by atoms with Crippen molar-refractivity contribution in [2.75, 3.05) is 10.2 Å². The number of anilines is 4. The van der Waals surface area contributed by atoms with Crippen molar-refractivity contribution in [3.63, 3.8) is 0 Å². The van der Waals surface area contributed by atoms with Gasteiger partial charge in [0.15, 0.2) is 6.23 Å². The Morgan fingerprint density at radius 2 is 1.15 bits per heavy atom. The zero-order chi connectivity index (χ0) is 35.5. The number of ether oxygens (including phenoxy) is 1. The molecule has 1 N–H and O–H groups in total. The van der Waals surface area contributed by atoms with Crippen molar-refractivity contribution < 1.29 is 4.74 Å². The van der Waals surface area contributed by atoms with Crippen molar-refractivity contribution >= 4 is 33.5 Å². The van der Waals surface area contributed by atoms with Crippen LogP contribution in [0.4, 0.5) is 22.7 Å². The molecule has 0 radical (unpaired) electrons. The van der Waals surface area contributed by atoms with E-state index in [2.05, 4.69) is 200 Å². The summed E-state index contributed by atoms with van der Waals surface area (Å²) < 4.78 is 6.44. The number of hydrogen-bond donors (Lipinski definition) is 1. The van der Waals surface area contributed by atoms with Gasteiger partial charge in [-0.15, -0.1) is 0 Å². The van der Waals surface area contributed by atoms with Crippen LogP contribution in [0.25, 0.3) is 44.2 Å². The molecule has 1 aliphatic carbocycles. The first-order valence-corrected chi connectivity index (χ1v) is 18.4. The summed E-state index contributed by atoms with van der Waals surface area (Å²) in [5.74, 6) is 0.876. The molecule has 0 amide bonds. The Balaban J connectivity index is 1.10. The van der Waals surface area contributed by atoms with Gasteiger partial charge in [0.05, 0.1) is 11.4 Å². The lowest BCUT2D eigenvalue weighted by Gasteiger charge is -2.30. The van der Waals surface area contributed by atoms with Crippen LogP contribution in [0.1, 0.15) is 36.8 Å². The summed E-state index contributed by atoms with van der Waals surface area (Å²) in [6.45, 7) is 4.70. The first-order chi connectivity index (χ1) is 26.0. The Labute approximate surface area is 310 Å². The fourth-order valence-corrected chi connectivity index (χ4v) is 8.49. The summed E-state index contributed by atoms with van der Waals surface area (Å²) in [4.78, 5) is 2.42. The topological polar surface area (TPSA) is 24.5 Å². The van der Waals surface area contributed by atoms with Crippen LogP contribution in [0.3, 0.4) is 0 Å². The Bertz CT molecular complexity index is 2650. The molecule has 10 rings (SSSR count). The SMILES string of the molecule is CC1(C)c2ccccc2-c2ccc(N(c3ccc(-c4cccc5ccc6c(c45)NC(c4ccccc4)O6)cc3)c3ccccc3-c3ccccc3)cc21. The number of rotatable bonds is 6. The predicted molar refractivity (Wildman–Crippen MR) is 221 cm³/mol. The van der Waals surface area contributed by atoms with E-state index in [0.29, 0.717) is 0 Å². The Hall–Kier alpha value is -6.58. The molecule has 8 aromatic carbocycles. The number of nitrogens with one attached hydrogen (secondary N) is 1. The van der Waals surface area contributed by atoms with Crippen LogP contribution in [-0.2, 0) is 5.41 Å². The molecule has 254 valence electrons. The maximum absolute atomic E-state index is 6.44. The maximum Gasteiger partial charge on any atom is 0.196 e. The van der Waals surface area contributed by atoms with Gasteiger partial charge in [-0.3, -0.25) is 0 Å². The van der Waals surface area contributed by atoms with Gasteiger partial charge in [-0.1, -0.05) is 159 Å². The quantitative estimate of drug-likeness (QED) is 0.189. The van der Waals surface area contributed by atoms with Gasteiger partial charge in [-0.25, -0.2) is 0 Å². The summed E-state index contributed by atoms with van der Waals surface area (Å²) >= 11 is 0. The first-order valence-electron chi connectivity index (χ1n) is 18.4. The fraction of sp³-hybridized carbons (Fsp3) is 0.0800. The standard InChI is InChI=1S/C50H38N2O/c1-50(2)43-22-11-9-20-41(43)42-30-29-38(32-44(42)50)52(45-23-12-10-19-39(45)33-14-5-3-6-15-33)37-27-24-34(25-28-37)40-21-13-18-35-26-31-46-48(47(35)40)51-49(53-46)36-16-7-4-8-17-36/h3-32,49,51H,1-2H3. The van der Waals surface area contributed by atoms with Gasteiger partial charge in [0, 0.05) is 33.3 Å². The summed E-state index contributed by atoms with van der Waals surface area (Å²) in [7, 11) is 0. The minimum absolute atomic E-state index is 0.109. The molecule has 0 fully saturated rings. The van der Waals surface area contributed by atoms with Gasteiger partial charge in [0.2, 0.25) is 0 Å². The van der Waals surface area contributed by atoms with Crippen molar-refractivity contribution in [3.05, 3.63) is 199 Å². The molecular formula is C50H38N2O. The molecule has 2 aliphatic rings. The van der Waals surface area contributed by atoms with Crippen LogP contribution in [0.5, 0.6) is 5.75 Å². The summed E-state index contributed by atoms with van der Waals surface area (Å²) in [6.07, 6.45) is -0.226. The number of benzene rings is 8. The third kappa shape index (κ3) is 5.11. The molecule has 1 atom stereocenters. The highest BCUT2D eigenvalue weighted by Crippen LogP contribution is 2.52. The minimum atomic E-state index is -0.226. The highest BCUT2D eigenvalue weighted by molar-refractivity contribution is 6.07. The molecule has 3 heteroatoms. The smallest absolute Gasteiger partial charge is 0.196 e. The summed E-state index contributed by atoms with van der Waals surface area (Å²) in [6, 6.07) is 65.5. The molecule has 0 spiro atoms. The first kappa shape index (κ1) is 31.2. The van der Waals surface area contributed by atoms with E-state index in [-0.39, 0.29) is 11.6 Å². The van der Waals surface area contributed by atoms with Gasteiger partial charge >= 0.3 is 0 Å². The van der Waals surface area contributed by atoms with Crippen LogP contribution < -0.4 is 15.0 Å². The van der Waals surface area contributed by atoms with Gasteiger partial charge in [-0.2, -0.15) is 0 Å². The molecule has 0 saturated carbocycles. The second kappa shape index (κ2) is 12.3. The zero-order valence-corrected chi connectivity index (χ0v) is 29.8. The van der Waals surface area contributed by atoms with Gasteiger partial charge in [0.1, 0.15) is 5.75 Å². The summed E-state index contributed by atoms with van der Waals surface area (Å²) in [5, 5.41) is 6.05. The lowest BCUT2D eigenvalue weighted by Crippen LogP contribution is -2.16. The van der Waals surface area contributed by atoms with E-state index in [1.54, 1.807) is 0 Å². The number of hydrogen-bond acceptors (Lipinski definition) is 3. The van der Waals surface area contributed by atoms with E-state index in [0.717, 1.165) is 39.6 Å². The lowest BCUT2D eigenvalue weighted by molar-refractivity contribution is 0.260.